The molecule has 0 saturated heterocycles. The molecule has 5 nitrogen and oxygen atoms in total. The molecule has 0 aliphatic heterocycles. The minimum absolute atomic E-state index is 0.0321. The predicted molar refractivity (Wildman–Crippen MR) is 82.0 cm³/mol. The molecule has 2 rings (SSSR count). The average Bonchev–Trinajstić information content (AvgIpc) is 2.95. The molecule has 5 heteroatoms. The van der Waals surface area contributed by atoms with E-state index in [0.29, 0.717) is 5.82 Å². The smallest absolute Gasteiger partial charge is 0.291 e. The van der Waals surface area contributed by atoms with Crippen LogP contribution in [-0.2, 0) is 5.41 Å². The molecular weight excluding hydrogens is 264 g/mol. The molecule has 0 fully saturated rings. The number of nitrogens with one attached hydrogen (secondary N) is 2. The minimum atomic E-state index is -0.252. The van der Waals surface area contributed by atoms with Gasteiger partial charge in [0, 0.05) is 5.41 Å². The second kappa shape index (κ2) is 6.08. The van der Waals surface area contributed by atoms with Gasteiger partial charge >= 0.3 is 0 Å². The first-order chi connectivity index (χ1) is 9.91. The highest BCUT2D eigenvalue weighted by molar-refractivity contribution is 5.90. The SMILES string of the molecule is CCC(NC(=O)c1n[nH]c(C(C)(C)C)n1)c1ccccc1. The average molecular weight is 286 g/mol. The zero-order chi connectivity index (χ0) is 15.5. The summed E-state index contributed by atoms with van der Waals surface area (Å²) in [4.78, 5) is 16.6. The molecule has 1 aromatic heterocycles. The summed E-state index contributed by atoms with van der Waals surface area (Å²) in [5.41, 5.74) is 0.926. The third-order valence-corrected chi connectivity index (χ3v) is 3.31. The summed E-state index contributed by atoms with van der Waals surface area (Å²) in [6.07, 6.45) is 0.812. The highest BCUT2D eigenvalue weighted by Crippen LogP contribution is 2.19. The summed E-state index contributed by atoms with van der Waals surface area (Å²) >= 11 is 0. The van der Waals surface area contributed by atoms with Gasteiger partial charge in [-0.1, -0.05) is 58.0 Å². The van der Waals surface area contributed by atoms with Crippen molar-refractivity contribution in [1.82, 2.24) is 20.5 Å². The predicted octanol–water partition coefficient (Wildman–Crippen LogP) is 2.98. The minimum Gasteiger partial charge on any atom is -0.342 e. The van der Waals surface area contributed by atoms with Crippen LogP contribution in [0.25, 0.3) is 0 Å². The summed E-state index contributed by atoms with van der Waals surface area (Å²) in [6.45, 7) is 8.10. The first kappa shape index (κ1) is 15.2. The maximum absolute atomic E-state index is 12.3. The second-order valence-corrected chi connectivity index (χ2v) is 6.10. The molecule has 2 aromatic rings. The van der Waals surface area contributed by atoms with Crippen molar-refractivity contribution in [3.05, 3.63) is 47.5 Å². The second-order valence-electron chi connectivity index (χ2n) is 6.10. The van der Waals surface area contributed by atoms with Gasteiger partial charge in [-0.3, -0.25) is 9.89 Å². The van der Waals surface area contributed by atoms with Gasteiger partial charge in [-0.25, -0.2) is 4.98 Å². The molecule has 1 unspecified atom stereocenters. The van der Waals surface area contributed by atoms with E-state index in [2.05, 4.69) is 20.5 Å². The van der Waals surface area contributed by atoms with E-state index in [-0.39, 0.29) is 23.2 Å². The van der Waals surface area contributed by atoms with E-state index in [9.17, 15) is 4.79 Å². The lowest BCUT2D eigenvalue weighted by Gasteiger charge is -2.16. The topological polar surface area (TPSA) is 70.7 Å². The summed E-state index contributed by atoms with van der Waals surface area (Å²) in [5.74, 6) is 0.646. The summed E-state index contributed by atoms with van der Waals surface area (Å²) in [5, 5.41) is 9.83. The van der Waals surface area contributed by atoms with Crippen LogP contribution in [0.5, 0.6) is 0 Å². The Labute approximate surface area is 125 Å². The van der Waals surface area contributed by atoms with E-state index < -0.39 is 0 Å². The first-order valence-corrected chi connectivity index (χ1v) is 7.20. The number of benzene rings is 1. The summed E-state index contributed by atoms with van der Waals surface area (Å²) in [6, 6.07) is 9.88. The Morgan fingerprint density at radius 1 is 1.29 bits per heavy atom. The summed E-state index contributed by atoms with van der Waals surface area (Å²) < 4.78 is 0. The van der Waals surface area contributed by atoms with Crippen molar-refractivity contribution >= 4 is 5.91 Å². The quantitative estimate of drug-likeness (QED) is 0.907. The van der Waals surface area contributed by atoms with Gasteiger partial charge in [-0.15, -0.1) is 5.10 Å². The van der Waals surface area contributed by atoms with Crippen molar-refractivity contribution < 1.29 is 4.79 Å². The molecule has 2 N–H and O–H groups in total. The normalized spacial score (nSPS) is 13.0. The van der Waals surface area contributed by atoms with Crippen LogP contribution in [0.2, 0.25) is 0 Å². The number of H-pyrrole nitrogens is 1. The van der Waals surface area contributed by atoms with Gasteiger partial charge in [0.1, 0.15) is 5.82 Å². The molecule has 0 aliphatic rings. The molecule has 0 spiro atoms. The van der Waals surface area contributed by atoms with Crippen molar-refractivity contribution in [2.75, 3.05) is 0 Å². The Bertz CT molecular complexity index is 598. The van der Waals surface area contributed by atoms with E-state index in [4.69, 9.17) is 0 Å². The Kier molecular flexibility index (Phi) is 4.40. The molecule has 1 aromatic carbocycles. The molecule has 1 heterocycles. The molecule has 112 valence electrons. The Balaban J connectivity index is 2.12. The fraction of sp³-hybridized carbons (Fsp3) is 0.438. The Morgan fingerprint density at radius 3 is 2.48 bits per heavy atom. The Morgan fingerprint density at radius 2 is 1.95 bits per heavy atom. The molecule has 1 atom stereocenters. The first-order valence-electron chi connectivity index (χ1n) is 7.20. The number of carbonyl (C=O) groups excluding carboxylic acids is 1. The zero-order valence-corrected chi connectivity index (χ0v) is 13.0. The molecule has 21 heavy (non-hydrogen) atoms. The highest BCUT2D eigenvalue weighted by Gasteiger charge is 2.22. The van der Waals surface area contributed by atoms with E-state index in [1.165, 1.54) is 0 Å². The number of aromatic amines is 1. The molecule has 0 bridgehead atoms. The van der Waals surface area contributed by atoms with E-state index in [1.54, 1.807) is 0 Å². The third kappa shape index (κ3) is 3.68. The largest absolute Gasteiger partial charge is 0.342 e. The molecular formula is C16H22N4O. The van der Waals surface area contributed by atoms with Crippen molar-refractivity contribution in [2.45, 2.75) is 45.6 Å². The van der Waals surface area contributed by atoms with Gasteiger partial charge < -0.3 is 5.32 Å². The number of rotatable bonds is 4. The van der Waals surface area contributed by atoms with Crippen LogP contribution < -0.4 is 5.32 Å². The van der Waals surface area contributed by atoms with Crippen molar-refractivity contribution in [1.29, 1.82) is 0 Å². The van der Waals surface area contributed by atoms with Crippen LogP contribution in [0.1, 0.15) is 62.2 Å². The monoisotopic (exact) mass is 286 g/mol. The van der Waals surface area contributed by atoms with Crippen LogP contribution in [0.15, 0.2) is 30.3 Å². The summed E-state index contributed by atoms with van der Waals surface area (Å²) in [7, 11) is 0. The van der Waals surface area contributed by atoms with Crippen LogP contribution in [0.4, 0.5) is 0 Å². The number of aromatic nitrogens is 3. The lowest BCUT2D eigenvalue weighted by atomic mass is 9.96. The van der Waals surface area contributed by atoms with Gasteiger partial charge in [0.15, 0.2) is 0 Å². The van der Waals surface area contributed by atoms with Gasteiger partial charge in [0.2, 0.25) is 5.82 Å². The van der Waals surface area contributed by atoms with E-state index >= 15 is 0 Å². The van der Waals surface area contributed by atoms with Gasteiger partial charge in [-0.05, 0) is 12.0 Å². The van der Waals surface area contributed by atoms with Gasteiger partial charge in [0.25, 0.3) is 5.91 Å². The number of nitrogens with zero attached hydrogens (tertiary/aromatic N) is 2. The molecule has 1 amide bonds. The van der Waals surface area contributed by atoms with E-state index in [0.717, 1.165) is 12.0 Å². The fourth-order valence-corrected chi connectivity index (χ4v) is 2.03. The van der Waals surface area contributed by atoms with Gasteiger partial charge in [0.05, 0.1) is 6.04 Å². The van der Waals surface area contributed by atoms with Crippen molar-refractivity contribution in [2.24, 2.45) is 0 Å². The lowest BCUT2D eigenvalue weighted by Crippen LogP contribution is -2.29. The Hall–Kier alpha value is -2.17. The van der Waals surface area contributed by atoms with Gasteiger partial charge in [-0.2, -0.15) is 0 Å². The number of hydrogen-bond acceptors (Lipinski definition) is 3. The standard InChI is InChI=1S/C16H22N4O/c1-5-12(11-9-7-6-8-10-11)17-14(21)13-18-15(20-19-13)16(2,3)4/h6-10,12H,5H2,1-4H3,(H,17,21)(H,18,19,20). The lowest BCUT2D eigenvalue weighted by molar-refractivity contribution is 0.0925. The van der Waals surface area contributed by atoms with Crippen LogP contribution in [0, 0.1) is 0 Å². The number of carbonyl (C=O) groups is 1. The van der Waals surface area contributed by atoms with Crippen LogP contribution >= 0.6 is 0 Å². The van der Waals surface area contributed by atoms with Crippen LogP contribution in [0.3, 0.4) is 0 Å². The van der Waals surface area contributed by atoms with E-state index in [1.807, 2.05) is 58.0 Å². The van der Waals surface area contributed by atoms with Crippen molar-refractivity contribution in [3.63, 3.8) is 0 Å². The number of amides is 1. The highest BCUT2D eigenvalue weighted by atomic mass is 16.2. The van der Waals surface area contributed by atoms with Crippen LogP contribution in [-0.4, -0.2) is 21.1 Å². The maximum Gasteiger partial charge on any atom is 0.291 e. The van der Waals surface area contributed by atoms with Crippen molar-refractivity contribution in [3.8, 4) is 0 Å². The fourth-order valence-electron chi connectivity index (χ4n) is 2.03. The molecule has 0 radical (unpaired) electrons. The zero-order valence-electron chi connectivity index (χ0n) is 13.0. The molecule has 0 aliphatic carbocycles. The molecule has 0 saturated carbocycles. The maximum atomic E-state index is 12.3. The number of hydrogen-bond donors (Lipinski definition) is 2. The third-order valence-electron chi connectivity index (χ3n) is 3.31.